The molecule has 0 saturated carbocycles. The summed E-state index contributed by atoms with van der Waals surface area (Å²) in [5.74, 6) is -1.11. The largest absolute Gasteiger partial charge is 0.346 e. The van der Waals surface area contributed by atoms with Gasteiger partial charge in [0.15, 0.2) is 0 Å². The number of benzene rings is 1. The number of hydrogen-bond acceptors (Lipinski definition) is 5. The van der Waals surface area contributed by atoms with Gasteiger partial charge in [0.1, 0.15) is 5.82 Å². The number of amides is 1. The molecule has 9 heteroatoms. The first kappa shape index (κ1) is 17.7. The minimum atomic E-state index is -3.97. The summed E-state index contributed by atoms with van der Waals surface area (Å²) in [7, 11) is -3.97. The topological polar surface area (TPSA) is 94.0 Å². The Bertz CT molecular complexity index is 1050. The monoisotopic (exact) mass is 374 g/mol. The zero-order valence-electron chi connectivity index (χ0n) is 13.8. The molecule has 3 aromatic rings. The van der Waals surface area contributed by atoms with Crippen LogP contribution in [0.3, 0.4) is 0 Å². The lowest BCUT2D eigenvalue weighted by Crippen LogP contribution is -2.23. The highest BCUT2D eigenvalue weighted by atomic mass is 32.2. The van der Waals surface area contributed by atoms with Crippen molar-refractivity contribution in [2.75, 3.05) is 0 Å². The number of nitrogens with zero attached hydrogens (tertiary/aromatic N) is 3. The molecule has 0 aliphatic heterocycles. The van der Waals surface area contributed by atoms with E-state index in [1.54, 1.807) is 19.3 Å². The maximum atomic E-state index is 13.3. The first-order valence-corrected chi connectivity index (χ1v) is 9.05. The van der Waals surface area contributed by atoms with Crippen LogP contribution < -0.4 is 5.32 Å². The van der Waals surface area contributed by atoms with E-state index < -0.39 is 21.7 Å². The van der Waals surface area contributed by atoms with Crippen molar-refractivity contribution >= 4 is 15.9 Å². The summed E-state index contributed by atoms with van der Waals surface area (Å²) < 4.78 is 39.1. The molecule has 0 saturated heterocycles. The Balaban J connectivity index is 1.74. The van der Waals surface area contributed by atoms with Crippen LogP contribution in [0.15, 0.2) is 60.0 Å². The van der Waals surface area contributed by atoms with Gasteiger partial charge in [-0.2, -0.15) is 0 Å². The van der Waals surface area contributed by atoms with Crippen LogP contribution in [0.25, 0.3) is 0 Å². The van der Waals surface area contributed by atoms with Gasteiger partial charge in [0.05, 0.1) is 34.6 Å². The van der Waals surface area contributed by atoms with Gasteiger partial charge in [-0.05, 0) is 31.2 Å². The maximum absolute atomic E-state index is 13.3. The molecule has 26 heavy (non-hydrogen) atoms. The van der Waals surface area contributed by atoms with Gasteiger partial charge >= 0.3 is 0 Å². The molecule has 0 aliphatic rings. The molecular formula is C17H15FN4O3S. The van der Waals surface area contributed by atoms with E-state index in [2.05, 4.69) is 15.3 Å². The molecule has 1 N–H and O–H groups in total. The van der Waals surface area contributed by atoms with Crippen molar-refractivity contribution < 1.29 is 17.6 Å². The third kappa shape index (κ3) is 3.77. The van der Waals surface area contributed by atoms with Crippen LogP contribution in [0, 0.1) is 12.7 Å². The first-order chi connectivity index (χ1) is 12.4. The molecule has 3 rings (SSSR count). The summed E-state index contributed by atoms with van der Waals surface area (Å²) in [4.78, 5) is 20.2. The highest BCUT2D eigenvalue weighted by Crippen LogP contribution is 2.16. The molecule has 2 heterocycles. The lowest BCUT2D eigenvalue weighted by atomic mass is 10.3. The molecule has 0 fully saturated rings. The molecule has 1 amide bonds. The van der Waals surface area contributed by atoms with Gasteiger partial charge in [0.2, 0.25) is 0 Å². The van der Waals surface area contributed by atoms with Gasteiger partial charge < -0.3 is 5.32 Å². The number of carbonyl (C=O) groups is 1. The van der Waals surface area contributed by atoms with E-state index in [-0.39, 0.29) is 17.0 Å². The first-order valence-electron chi connectivity index (χ1n) is 7.61. The molecule has 0 aliphatic carbocycles. The molecular weight excluding hydrogens is 359 g/mol. The molecule has 134 valence electrons. The van der Waals surface area contributed by atoms with Crippen molar-refractivity contribution in [3.05, 3.63) is 77.9 Å². The van der Waals surface area contributed by atoms with Gasteiger partial charge in [0, 0.05) is 18.6 Å². The van der Waals surface area contributed by atoms with Crippen LogP contribution in [0.1, 0.15) is 21.7 Å². The Hall–Kier alpha value is -3.07. The Labute approximate surface area is 149 Å². The normalized spacial score (nSPS) is 11.3. The van der Waals surface area contributed by atoms with Crippen molar-refractivity contribution in [3.63, 3.8) is 0 Å². The van der Waals surface area contributed by atoms with E-state index in [1.165, 1.54) is 30.6 Å². The van der Waals surface area contributed by atoms with Crippen molar-refractivity contribution in [2.24, 2.45) is 0 Å². The van der Waals surface area contributed by atoms with Crippen molar-refractivity contribution in [2.45, 2.75) is 18.4 Å². The minimum Gasteiger partial charge on any atom is -0.346 e. The average Bonchev–Trinajstić information content (AvgIpc) is 3.12. The smallest absolute Gasteiger partial charge is 0.267 e. The van der Waals surface area contributed by atoms with E-state index >= 15 is 0 Å². The summed E-state index contributed by atoms with van der Waals surface area (Å²) in [6.45, 7) is 1.96. The van der Waals surface area contributed by atoms with Gasteiger partial charge in [0.25, 0.3) is 15.9 Å². The fraction of sp³-hybridized carbons (Fsp3) is 0.118. The summed E-state index contributed by atoms with van der Waals surface area (Å²) in [5, 5.41) is 2.64. The van der Waals surface area contributed by atoms with Crippen molar-refractivity contribution in [1.82, 2.24) is 19.3 Å². The standard InChI is InChI=1S/C17H15FN4O3S/c1-12-8-20-15(9-19-12)10-21-17(23)13-5-6-22(11-13)26(24,25)16-4-2-3-14(18)7-16/h2-9,11H,10H2,1H3,(H,21,23). The molecule has 0 atom stereocenters. The Morgan fingerprint density at radius 3 is 2.73 bits per heavy atom. The van der Waals surface area contributed by atoms with Crippen LogP contribution in [-0.4, -0.2) is 28.3 Å². The predicted octanol–water partition coefficient (Wildman–Crippen LogP) is 1.89. The van der Waals surface area contributed by atoms with Gasteiger partial charge in [-0.15, -0.1) is 0 Å². The molecule has 2 aromatic heterocycles. The molecule has 0 spiro atoms. The predicted molar refractivity (Wildman–Crippen MR) is 91.4 cm³/mol. The molecule has 0 radical (unpaired) electrons. The molecule has 7 nitrogen and oxygen atoms in total. The number of aromatic nitrogens is 3. The number of aryl methyl sites for hydroxylation is 1. The zero-order chi connectivity index (χ0) is 18.7. The fourth-order valence-electron chi connectivity index (χ4n) is 2.19. The third-order valence-electron chi connectivity index (χ3n) is 3.57. The van der Waals surface area contributed by atoms with E-state index in [4.69, 9.17) is 0 Å². The van der Waals surface area contributed by atoms with Crippen LogP contribution in [0.4, 0.5) is 4.39 Å². The maximum Gasteiger partial charge on any atom is 0.267 e. The van der Waals surface area contributed by atoms with Gasteiger partial charge in [-0.25, -0.2) is 16.8 Å². The third-order valence-corrected chi connectivity index (χ3v) is 5.20. The van der Waals surface area contributed by atoms with Gasteiger partial charge in [-0.1, -0.05) is 6.07 Å². The molecule has 0 unspecified atom stereocenters. The Morgan fingerprint density at radius 1 is 1.23 bits per heavy atom. The van der Waals surface area contributed by atoms with E-state index in [9.17, 15) is 17.6 Å². The number of halogens is 1. The SMILES string of the molecule is Cc1cnc(CNC(=O)c2ccn(S(=O)(=O)c3cccc(F)c3)c2)cn1. The number of hydrogen-bond donors (Lipinski definition) is 1. The highest BCUT2D eigenvalue weighted by molar-refractivity contribution is 7.90. The second kappa shape index (κ2) is 7.04. The van der Waals surface area contributed by atoms with Crippen LogP contribution in [-0.2, 0) is 16.6 Å². The highest BCUT2D eigenvalue weighted by Gasteiger charge is 2.19. The van der Waals surface area contributed by atoms with Crippen LogP contribution >= 0.6 is 0 Å². The molecule has 1 aromatic carbocycles. The lowest BCUT2D eigenvalue weighted by molar-refractivity contribution is 0.0950. The number of carbonyl (C=O) groups excluding carboxylic acids is 1. The average molecular weight is 374 g/mol. The Morgan fingerprint density at radius 2 is 2.04 bits per heavy atom. The number of nitrogens with one attached hydrogen (secondary N) is 1. The Kier molecular flexibility index (Phi) is 4.81. The zero-order valence-corrected chi connectivity index (χ0v) is 14.6. The van der Waals surface area contributed by atoms with Crippen LogP contribution in [0.5, 0.6) is 0 Å². The molecule has 0 bridgehead atoms. The summed E-state index contributed by atoms with van der Waals surface area (Å²) >= 11 is 0. The number of rotatable bonds is 5. The van der Waals surface area contributed by atoms with E-state index in [0.29, 0.717) is 5.69 Å². The summed E-state index contributed by atoms with van der Waals surface area (Å²) in [6.07, 6.45) is 5.55. The second-order valence-electron chi connectivity index (χ2n) is 5.52. The second-order valence-corrected chi connectivity index (χ2v) is 7.37. The quantitative estimate of drug-likeness (QED) is 0.736. The van der Waals surface area contributed by atoms with Crippen LogP contribution in [0.2, 0.25) is 0 Å². The van der Waals surface area contributed by atoms with E-state index in [1.807, 2.05) is 0 Å². The minimum absolute atomic E-state index is 0.157. The summed E-state index contributed by atoms with van der Waals surface area (Å²) in [5.41, 5.74) is 1.50. The van der Waals surface area contributed by atoms with Gasteiger partial charge in [-0.3, -0.25) is 14.8 Å². The fourth-order valence-corrected chi connectivity index (χ4v) is 3.42. The summed E-state index contributed by atoms with van der Waals surface area (Å²) in [6, 6.07) is 6.04. The van der Waals surface area contributed by atoms with E-state index in [0.717, 1.165) is 21.8 Å². The lowest BCUT2D eigenvalue weighted by Gasteiger charge is -2.06. The van der Waals surface area contributed by atoms with Crippen molar-refractivity contribution in [3.8, 4) is 0 Å². The van der Waals surface area contributed by atoms with Crippen molar-refractivity contribution in [1.29, 1.82) is 0 Å².